The quantitative estimate of drug-likeness (QED) is 0.876. The molecule has 0 spiro atoms. The van der Waals surface area contributed by atoms with Crippen molar-refractivity contribution in [2.24, 2.45) is 11.8 Å². The van der Waals surface area contributed by atoms with E-state index in [1.54, 1.807) is 10.9 Å². The van der Waals surface area contributed by atoms with E-state index < -0.39 is 0 Å². The summed E-state index contributed by atoms with van der Waals surface area (Å²) in [5, 5.41) is 7.81. The van der Waals surface area contributed by atoms with E-state index >= 15 is 0 Å². The van der Waals surface area contributed by atoms with Crippen molar-refractivity contribution in [3.63, 3.8) is 0 Å². The Balaban J connectivity index is 1.62. The lowest BCUT2D eigenvalue weighted by atomic mass is 10.0. The highest BCUT2D eigenvalue weighted by atomic mass is 35.5. The van der Waals surface area contributed by atoms with Gasteiger partial charge in [0, 0.05) is 13.1 Å². The second-order valence-electron chi connectivity index (χ2n) is 6.16. The third kappa shape index (κ3) is 3.35. The van der Waals surface area contributed by atoms with Crippen LogP contribution in [0.3, 0.4) is 0 Å². The van der Waals surface area contributed by atoms with E-state index in [1.165, 1.54) is 38.5 Å². The van der Waals surface area contributed by atoms with Crippen LogP contribution in [0.15, 0.2) is 11.0 Å². The maximum absolute atomic E-state index is 12.3. The molecule has 0 aliphatic heterocycles. The van der Waals surface area contributed by atoms with Crippen LogP contribution in [-0.4, -0.2) is 16.3 Å². The molecule has 0 amide bonds. The number of halogens is 1. The number of anilines is 1. The molecule has 0 aromatic carbocycles. The highest BCUT2D eigenvalue weighted by Gasteiger charge is 2.23. The number of hydrogen-bond acceptors (Lipinski definition) is 3. The molecule has 3 rings (SSSR count). The summed E-state index contributed by atoms with van der Waals surface area (Å²) in [4.78, 5) is 12.3. The Kier molecular flexibility index (Phi) is 4.29. The molecule has 1 N–H and O–H groups in total. The fourth-order valence-electron chi connectivity index (χ4n) is 3.00. The van der Waals surface area contributed by atoms with E-state index in [9.17, 15) is 4.79 Å². The number of nitrogens with zero attached hydrogens (tertiary/aromatic N) is 2. The first kappa shape index (κ1) is 13.9. The van der Waals surface area contributed by atoms with Gasteiger partial charge in [-0.2, -0.15) is 5.10 Å². The third-order valence-corrected chi connectivity index (χ3v) is 4.74. The second-order valence-corrected chi connectivity index (χ2v) is 6.57. The van der Waals surface area contributed by atoms with E-state index in [2.05, 4.69) is 10.4 Å². The SMILES string of the molecule is O=c1c(NCCC2CCCC2)c(Cl)cnn1CC1CC1. The van der Waals surface area contributed by atoms with Gasteiger partial charge in [-0.1, -0.05) is 37.3 Å². The van der Waals surface area contributed by atoms with Crippen LogP contribution in [0.2, 0.25) is 5.02 Å². The Labute approximate surface area is 124 Å². The average molecular weight is 296 g/mol. The van der Waals surface area contributed by atoms with Crippen molar-refractivity contribution in [2.45, 2.75) is 51.5 Å². The highest BCUT2D eigenvalue weighted by Crippen LogP contribution is 2.30. The summed E-state index contributed by atoms with van der Waals surface area (Å²) in [6, 6.07) is 0. The van der Waals surface area contributed by atoms with Gasteiger partial charge in [0.2, 0.25) is 0 Å². The molecule has 2 saturated carbocycles. The average Bonchev–Trinajstić information content (AvgIpc) is 3.10. The molecule has 5 heteroatoms. The molecule has 20 heavy (non-hydrogen) atoms. The topological polar surface area (TPSA) is 46.9 Å². The Morgan fingerprint density at radius 3 is 2.70 bits per heavy atom. The van der Waals surface area contributed by atoms with Crippen molar-refractivity contribution in [2.75, 3.05) is 11.9 Å². The first-order valence-corrected chi connectivity index (χ1v) is 8.11. The van der Waals surface area contributed by atoms with Gasteiger partial charge in [-0.3, -0.25) is 4.79 Å². The highest BCUT2D eigenvalue weighted by molar-refractivity contribution is 6.32. The summed E-state index contributed by atoms with van der Waals surface area (Å²) in [5.41, 5.74) is 0.455. The van der Waals surface area contributed by atoms with Crippen LogP contribution in [0.1, 0.15) is 44.9 Å². The predicted molar refractivity (Wildman–Crippen MR) is 81.3 cm³/mol. The maximum atomic E-state index is 12.3. The monoisotopic (exact) mass is 295 g/mol. The smallest absolute Gasteiger partial charge is 0.291 e. The Hall–Kier alpha value is -1.03. The largest absolute Gasteiger partial charge is 0.379 e. The minimum Gasteiger partial charge on any atom is -0.379 e. The van der Waals surface area contributed by atoms with E-state index in [1.807, 2.05) is 0 Å². The fraction of sp³-hybridized carbons (Fsp3) is 0.733. The molecule has 2 aliphatic rings. The first-order chi connectivity index (χ1) is 9.74. The molecule has 0 atom stereocenters. The van der Waals surface area contributed by atoms with Crippen LogP contribution in [0.25, 0.3) is 0 Å². The molecule has 4 nitrogen and oxygen atoms in total. The molecule has 0 saturated heterocycles. The van der Waals surface area contributed by atoms with Gasteiger partial charge in [0.25, 0.3) is 5.56 Å². The van der Waals surface area contributed by atoms with E-state index in [-0.39, 0.29) is 5.56 Å². The van der Waals surface area contributed by atoms with Gasteiger partial charge in [0.1, 0.15) is 5.69 Å². The summed E-state index contributed by atoms with van der Waals surface area (Å²) < 4.78 is 1.56. The Morgan fingerprint density at radius 1 is 1.25 bits per heavy atom. The van der Waals surface area contributed by atoms with Crippen LogP contribution >= 0.6 is 11.6 Å². The molecule has 1 aromatic rings. The fourth-order valence-corrected chi connectivity index (χ4v) is 3.20. The zero-order chi connectivity index (χ0) is 13.9. The number of aromatic nitrogens is 2. The summed E-state index contributed by atoms with van der Waals surface area (Å²) in [7, 11) is 0. The summed E-state index contributed by atoms with van der Waals surface area (Å²) >= 11 is 6.11. The number of nitrogens with one attached hydrogen (secondary N) is 1. The van der Waals surface area contributed by atoms with Crippen molar-refractivity contribution < 1.29 is 0 Å². The van der Waals surface area contributed by atoms with E-state index in [0.29, 0.717) is 16.6 Å². The van der Waals surface area contributed by atoms with Crippen molar-refractivity contribution in [1.82, 2.24) is 9.78 Å². The molecule has 2 aliphatic carbocycles. The van der Waals surface area contributed by atoms with Gasteiger partial charge in [-0.05, 0) is 31.1 Å². The Bertz CT molecular complexity index is 518. The maximum Gasteiger partial charge on any atom is 0.291 e. The minimum atomic E-state index is -0.0733. The van der Waals surface area contributed by atoms with Crippen LogP contribution in [0, 0.1) is 11.8 Å². The number of rotatable bonds is 6. The zero-order valence-corrected chi connectivity index (χ0v) is 12.5. The van der Waals surface area contributed by atoms with Gasteiger partial charge < -0.3 is 5.32 Å². The van der Waals surface area contributed by atoms with Crippen LogP contribution in [0.4, 0.5) is 5.69 Å². The summed E-state index contributed by atoms with van der Waals surface area (Å²) in [6.45, 7) is 1.56. The van der Waals surface area contributed by atoms with Crippen LogP contribution in [-0.2, 0) is 6.54 Å². The standard InChI is InChI=1S/C15H22ClN3O/c16-13-9-18-19(10-12-5-6-12)15(20)14(13)17-8-7-11-3-1-2-4-11/h9,11-12,17H,1-8,10H2. The lowest BCUT2D eigenvalue weighted by Gasteiger charge is -2.12. The molecule has 0 radical (unpaired) electrons. The van der Waals surface area contributed by atoms with Crippen molar-refractivity contribution in [3.05, 3.63) is 21.6 Å². The predicted octanol–water partition coefficient (Wildman–Crippen LogP) is 3.30. The molecule has 0 bridgehead atoms. The van der Waals surface area contributed by atoms with Gasteiger partial charge >= 0.3 is 0 Å². The lowest BCUT2D eigenvalue weighted by Crippen LogP contribution is -2.27. The van der Waals surface area contributed by atoms with E-state index in [4.69, 9.17) is 11.6 Å². The molecule has 2 fully saturated rings. The van der Waals surface area contributed by atoms with Crippen molar-refractivity contribution in [1.29, 1.82) is 0 Å². The molecular formula is C15H22ClN3O. The summed E-state index contributed by atoms with van der Waals surface area (Å²) in [5.74, 6) is 1.45. The molecular weight excluding hydrogens is 274 g/mol. The van der Waals surface area contributed by atoms with Gasteiger partial charge in [-0.15, -0.1) is 0 Å². The van der Waals surface area contributed by atoms with Crippen LogP contribution < -0.4 is 10.9 Å². The van der Waals surface area contributed by atoms with Crippen LogP contribution in [0.5, 0.6) is 0 Å². The van der Waals surface area contributed by atoms with Gasteiger partial charge in [0.05, 0.1) is 11.2 Å². The van der Waals surface area contributed by atoms with Crippen molar-refractivity contribution >= 4 is 17.3 Å². The lowest BCUT2D eigenvalue weighted by molar-refractivity contribution is 0.516. The third-order valence-electron chi connectivity index (χ3n) is 4.45. The number of hydrogen-bond donors (Lipinski definition) is 1. The first-order valence-electron chi connectivity index (χ1n) is 7.73. The van der Waals surface area contributed by atoms with Gasteiger partial charge in [0.15, 0.2) is 0 Å². The molecule has 1 aromatic heterocycles. The second kappa shape index (κ2) is 6.17. The molecule has 110 valence electrons. The molecule has 1 heterocycles. The normalized spacial score (nSPS) is 19.4. The summed E-state index contributed by atoms with van der Waals surface area (Å²) in [6.07, 6.45) is 10.5. The molecule has 0 unspecified atom stereocenters. The Morgan fingerprint density at radius 2 is 2.00 bits per heavy atom. The van der Waals surface area contributed by atoms with Gasteiger partial charge in [-0.25, -0.2) is 4.68 Å². The van der Waals surface area contributed by atoms with Crippen molar-refractivity contribution in [3.8, 4) is 0 Å². The van der Waals surface area contributed by atoms with E-state index in [0.717, 1.165) is 25.4 Å². The minimum absolute atomic E-state index is 0.0733. The zero-order valence-electron chi connectivity index (χ0n) is 11.8.